The van der Waals surface area contributed by atoms with Gasteiger partial charge in [-0.15, -0.1) is 0 Å². The Morgan fingerprint density at radius 1 is 1.35 bits per heavy atom. The molecule has 0 aromatic carbocycles. The minimum atomic E-state index is -0.371. The summed E-state index contributed by atoms with van der Waals surface area (Å²) in [5.41, 5.74) is 1.45. The van der Waals surface area contributed by atoms with Crippen molar-refractivity contribution in [2.45, 2.75) is 32.3 Å². The molecule has 1 fully saturated rings. The predicted octanol–water partition coefficient (Wildman–Crippen LogP) is 0.786. The van der Waals surface area contributed by atoms with E-state index in [9.17, 15) is 9.59 Å². The summed E-state index contributed by atoms with van der Waals surface area (Å²) in [4.78, 5) is 29.0. The average Bonchev–Trinajstić information content (AvgIpc) is 3.08. The topological polar surface area (TPSA) is 78.2 Å². The number of pyridine rings is 1. The van der Waals surface area contributed by atoms with Gasteiger partial charge in [0.05, 0.1) is 11.8 Å². The Kier molecular flexibility index (Phi) is 4.21. The normalized spacial score (nSPS) is 17.8. The number of nitrogens with one attached hydrogen (secondary N) is 1. The number of fused-ring (bicyclic) bond motifs is 1. The molecule has 2 aromatic rings. The van der Waals surface area contributed by atoms with E-state index in [0.29, 0.717) is 17.6 Å². The van der Waals surface area contributed by atoms with E-state index in [2.05, 4.69) is 10.3 Å². The minimum Gasteiger partial charge on any atom is -0.381 e. The van der Waals surface area contributed by atoms with Crippen LogP contribution in [-0.4, -0.2) is 33.4 Å². The number of hydrogen-bond acceptors (Lipinski definition) is 5. The Bertz CT molecular complexity index is 847. The summed E-state index contributed by atoms with van der Waals surface area (Å²) in [6.45, 7) is 3.46. The van der Waals surface area contributed by atoms with Gasteiger partial charge in [0.2, 0.25) is 0 Å². The van der Waals surface area contributed by atoms with Gasteiger partial charge in [-0.2, -0.15) is 0 Å². The first-order valence-corrected chi connectivity index (χ1v) is 7.97. The molecule has 1 aliphatic heterocycles. The summed E-state index contributed by atoms with van der Waals surface area (Å²) < 4.78 is 8.18. The Labute approximate surface area is 133 Å². The maximum absolute atomic E-state index is 12.6. The molecule has 1 N–H and O–H groups in total. The molecule has 0 bridgehead atoms. The SMILES string of the molecule is CCc1cnc2c(c1NC[C@@H]1CCCO1)c(=O)n(C)c(=O)n2C. The van der Waals surface area contributed by atoms with E-state index in [1.54, 1.807) is 13.2 Å². The van der Waals surface area contributed by atoms with Crippen molar-refractivity contribution in [1.82, 2.24) is 14.1 Å². The molecular formula is C16H22N4O3. The van der Waals surface area contributed by atoms with Crippen LogP contribution in [0.1, 0.15) is 25.3 Å². The second kappa shape index (κ2) is 6.16. The van der Waals surface area contributed by atoms with Crippen molar-refractivity contribution < 1.29 is 4.74 Å². The number of rotatable bonds is 4. The van der Waals surface area contributed by atoms with Crippen LogP contribution in [0.2, 0.25) is 0 Å². The molecule has 1 saturated heterocycles. The first-order valence-electron chi connectivity index (χ1n) is 7.97. The molecule has 1 atom stereocenters. The van der Waals surface area contributed by atoms with Crippen molar-refractivity contribution in [1.29, 1.82) is 0 Å². The van der Waals surface area contributed by atoms with Gasteiger partial charge >= 0.3 is 5.69 Å². The first kappa shape index (κ1) is 15.7. The minimum absolute atomic E-state index is 0.166. The fourth-order valence-electron chi connectivity index (χ4n) is 3.06. The summed E-state index contributed by atoms with van der Waals surface area (Å²) in [6, 6.07) is 0. The van der Waals surface area contributed by atoms with Crippen molar-refractivity contribution in [3.05, 3.63) is 32.6 Å². The Hall–Kier alpha value is -2.15. The van der Waals surface area contributed by atoms with Crippen LogP contribution in [0.15, 0.2) is 15.8 Å². The van der Waals surface area contributed by atoms with E-state index in [1.807, 2.05) is 6.92 Å². The van der Waals surface area contributed by atoms with Gasteiger partial charge in [-0.25, -0.2) is 9.78 Å². The third kappa shape index (κ3) is 2.65. The van der Waals surface area contributed by atoms with Gasteiger partial charge in [0, 0.05) is 33.4 Å². The van der Waals surface area contributed by atoms with Gasteiger partial charge in [0.1, 0.15) is 5.39 Å². The maximum Gasteiger partial charge on any atom is 0.332 e. The molecule has 0 radical (unpaired) electrons. The van der Waals surface area contributed by atoms with Crippen LogP contribution in [0.4, 0.5) is 5.69 Å². The first-order chi connectivity index (χ1) is 11.0. The molecule has 3 rings (SSSR count). The molecule has 0 aliphatic carbocycles. The van der Waals surface area contributed by atoms with Gasteiger partial charge in [-0.3, -0.25) is 13.9 Å². The molecule has 0 unspecified atom stereocenters. The number of ether oxygens (including phenoxy) is 1. The molecule has 7 heteroatoms. The quantitative estimate of drug-likeness (QED) is 0.901. The summed E-state index contributed by atoms with van der Waals surface area (Å²) >= 11 is 0. The fraction of sp³-hybridized carbons (Fsp3) is 0.562. The van der Waals surface area contributed by atoms with Crippen LogP contribution >= 0.6 is 0 Å². The summed E-state index contributed by atoms with van der Waals surface area (Å²) in [7, 11) is 3.12. The smallest absolute Gasteiger partial charge is 0.332 e. The summed E-state index contributed by atoms with van der Waals surface area (Å²) in [5.74, 6) is 0. The van der Waals surface area contributed by atoms with E-state index in [0.717, 1.165) is 41.7 Å². The Morgan fingerprint density at radius 2 is 2.13 bits per heavy atom. The zero-order valence-corrected chi connectivity index (χ0v) is 13.8. The molecule has 23 heavy (non-hydrogen) atoms. The van der Waals surface area contributed by atoms with Crippen molar-refractivity contribution in [3.63, 3.8) is 0 Å². The zero-order valence-electron chi connectivity index (χ0n) is 13.8. The van der Waals surface area contributed by atoms with Gasteiger partial charge < -0.3 is 10.1 Å². The highest BCUT2D eigenvalue weighted by Gasteiger charge is 2.19. The van der Waals surface area contributed by atoms with Crippen LogP contribution in [0.3, 0.4) is 0 Å². The highest BCUT2D eigenvalue weighted by atomic mass is 16.5. The lowest BCUT2D eigenvalue weighted by Crippen LogP contribution is -2.38. The van der Waals surface area contributed by atoms with E-state index >= 15 is 0 Å². The number of nitrogens with zero attached hydrogens (tertiary/aromatic N) is 3. The van der Waals surface area contributed by atoms with Crippen molar-refractivity contribution in [3.8, 4) is 0 Å². The van der Waals surface area contributed by atoms with Gasteiger partial charge in [-0.05, 0) is 24.8 Å². The van der Waals surface area contributed by atoms with Crippen molar-refractivity contribution >= 4 is 16.7 Å². The lowest BCUT2D eigenvalue weighted by atomic mass is 10.1. The van der Waals surface area contributed by atoms with E-state index < -0.39 is 0 Å². The number of aryl methyl sites for hydroxylation is 2. The van der Waals surface area contributed by atoms with Crippen LogP contribution in [0.5, 0.6) is 0 Å². The van der Waals surface area contributed by atoms with Gasteiger partial charge in [0.25, 0.3) is 5.56 Å². The van der Waals surface area contributed by atoms with Crippen LogP contribution < -0.4 is 16.6 Å². The molecule has 1 aliphatic rings. The highest BCUT2D eigenvalue weighted by Crippen LogP contribution is 2.24. The second-order valence-electron chi connectivity index (χ2n) is 5.93. The van der Waals surface area contributed by atoms with Crippen LogP contribution in [0, 0.1) is 0 Å². The third-order valence-corrected chi connectivity index (χ3v) is 4.46. The number of hydrogen-bond donors (Lipinski definition) is 1. The lowest BCUT2D eigenvalue weighted by Gasteiger charge is -2.17. The van der Waals surface area contributed by atoms with E-state index in [1.165, 1.54) is 11.6 Å². The average molecular weight is 318 g/mol. The van der Waals surface area contributed by atoms with E-state index in [4.69, 9.17) is 4.74 Å². The number of anilines is 1. The summed E-state index contributed by atoms with van der Waals surface area (Å²) in [6.07, 6.45) is 4.75. The molecule has 0 amide bonds. The highest BCUT2D eigenvalue weighted by molar-refractivity contribution is 5.90. The lowest BCUT2D eigenvalue weighted by molar-refractivity contribution is 0.120. The molecule has 0 saturated carbocycles. The predicted molar refractivity (Wildman–Crippen MR) is 89.1 cm³/mol. The molecule has 2 aromatic heterocycles. The van der Waals surface area contributed by atoms with Crippen LogP contribution in [0.25, 0.3) is 11.0 Å². The molecule has 3 heterocycles. The van der Waals surface area contributed by atoms with Crippen LogP contribution in [-0.2, 0) is 25.3 Å². The van der Waals surface area contributed by atoms with Gasteiger partial charge in [-0.1, -0.05) is 6.92 Å². The van der Waals surface area contributed by atoms with Crippen molar-refractivity contribution in [2.24, 2.45) is 14.1 Å². The maximum atomic E-state index is 12.6. The Morgan fingerprint density at radius 3 is 2.78 bits per heavy atom. The van der Waals surface area contributed by atoms with Gasteiger partial charge in [0.15, 0.2) is 5.65 Å². The van der Waals surface area contributed by atoms with Crippen molar-refractivity contribution in [2.75, 3.05) is 18.5 Å². The Balaban J connectivity index is 2.16. The molecular weight excluding hydrogens is 296 g/mol. The zero-order chi connectivity index (χ0) is 16.6. The fourth-order valence-corrected chi connectivity index (χ4v) is 3.06. The molecule has 0 spiro atoms. The largest absolute Gasteiger partial charge is 0.381 e. The molecule has 7 nitrogen and oxygen atoms in total. The standard InChI is InChI=1S/C16H22N4O3/c1-4-10-8-18-14-12(15(21)20(3)16(22)19(14)2)13(10)17-9-11-6-5-7-23-11/h8,11H,4-7,9H2,1-3H3,(H,17,18)/t11-/m0/s1. The third-order valence-electron chi connectivity index (χ3n) is 4.46. The monoisotopic (exact) mass is 318 g/mol. The van der Waals surface area contributed by atoms with E-state index in [-0.39, 0.29) is 17.4 Å². The number of aromatic nitrogens is 3. The second-order valence-corrected chi connectivity index (χ2v) is 5.93. The summed E-state index contributed by atoms with van der Waals surface area (Å²) in [5, 5.41) is 3.83. The molecule has 124 valence electrons.